The molecule has 0 radical (unpaired) electrons. The number of benzene rings is 2. The van der Waals surface area contributed by atoms with E-state index in [0.29, 0.717) is 22.6 Å². The maximum Gasteiger partial charge on any atom is 0.338 e. The van der Waals surface area contributed by atoms with Gasteiger partial charge in [-0.05, 0) is 61.7 Å². The zero-order valence-corrected chi connectivity index (χ0v) is 15.6. The number of aliphatic hydroxyl groups excluding tert-OH is 1. The summed E-state index contributed by atoms with van der Waals surface area (Å²) >= 11 is 0. The van der Waals surface area contributed by atoms with Crippen LogP contribution in [0.2, 0.25) is 0 Å². The molecule has 1 atom stereocenters. The smallest absolute Gasteiger partial charge is 0.338 e. The van der Waals surface area contributed by atoms with Crippen LogP contribution in [-0.2, 0) is 9.59 Å². The third kappa shape index (κ3) is 5.15. The lowest BCUT2D eigenvalue weighted by molar-refractivity contribution is -0.130. The molecule has 0 spiro atoms. The Morgan fingerprint density at radius 1 is 0.889 bits per heavy atom. The number of rotatable bonds is 6. The van der Waals surface area contributed by atoms with Crippen molar-refractivity contribution in [3.05, 3.63) is 72.3 Å². The standard InChI is InChI=1S/C22H22O5/c1-13(2)21(24)26-17-8-6-16(7-9-17)19-11-10-18(12-20(19)15(5)23)27-22(25)14(3)4/h6-12,15,23H,1,3H2,2,4-5H3. The summed E-state index contributed by atoms with van der Waals surface area (Å²) in [5.41, 5.74) is 2.80. The van der Waals surface area contributed by atoms with E-state index in [-0.39, 0.29) is 5.57 Å². The quantitative estimate of drug-likeness (QED) is 0.467. The third-order valence-electron chi connectivity index (χ3n) is 3.76. The van der Waals surface area contributed by atoms with Crippen molar-refractivity contribution in [2.45, 2.75) is 26.9 Å². The Morgan fingerprint density at radius 2 is 1.37 bits per heavy atom. The molecule has 0 aliphatic carbocycles. The van der Waals surface area contributed by atoms with E-state index in [1.807, 2.05) is 0 Å². The highest BCUT2D eigenvalue weighted by atomic mass is 16.5. The second-order valence-corrected chi connectivity index (χ2v) is 6.29. The molecule has 0 saturated carbocycles. The van der Waals surface area contributed by atoms with Gasteiger partial charge in [0.15, 0.2) is 0 Å². The maximum atomic E-state index is 11.7. The molecule has 0 aliphatic rings. The average Bonchev–Trinajstić information content (AvgIpc) is 2.62. The fraction of sp³-hybridized carbons (Fsp3) is 0.182. The Kier molecular flexibility index (Phi) is 6.32. The van der Waals surface area contributed by atoms with Gasteiger partial charge in [0.25, 0.3) is 0 Å². The molecule has 0 saturated heterocycles. The average molecular weight is 366 g/mol. The van der Waals surface area contributed by atoms with Gasteiger partial charge in [0.1, 0.15) is 11.5 Å². The van der Waals surface area contributed by atoms with Crippen LogP contribution in [0.25, 0.3) is 11.1 Å². The highest BCUT2D eigenvalue weighted by Crippen LogP contribution is 2.32. The van der Waals surface area contributed by atoms with Crippen molar-refractivity contribution in [1.29, 1.82) is 0 Å². The van der Waals surface area contributed by atoms with Crippen LogP contribution in [0, 0.1) is 0 Å². The molecule has 5 heteroatoms. The summed E-state index contributed by atoms with van der Waals surface area (Å²) < 4.78 is 10.4. The summed E-state index contributed by atoms with van der Waals surface area (Å²) in [6, 6.07) is 11.9. The van der Waals surface area contributed by atoms with Crippen LogP contribution in [-0.4, -0.2) is 17.0 Å². The number of esters is 2. The Labute approximate surface area is 158 Å². The molecule has 1 unspecified atom stereocenters. The Balaban J connectivity index is 2.31. The van der Waals surface area contributed by atoms with Crippen LogP contribution in [0.1, 0.15) is 32.4 Å². The SMILES string of the molecule is C=C(C)C(=O)Oc1ccc(-c2ccc(OC(=O)C(=C)C)cc2C(C)O)cc1. The van der Waals surface area contributed by atoms with Crippen LogP contribution in [0.15, 0.2) is 66.8 Å². The summed E-state index contributed by atoms with van der Waals surface area (Å²) in [7, 11) is 0. The van der Waals surface area contributed by atoms with Gasteiger partial charge in [-0.3, -0.25) is 0 Å². The van der Waals surface area contributed by atoms with E-state index in [9.17, 15) is 14.7 Å². The molecular formula is C22H22O5. The topological polar surface area (TPSA) is 72.8 Å². The van der Waals surface area contributed by atoms with Gasteiger partial charge in [0.2, 0.25) is 0 Å². The molecule has 2 rings (SSSR count). The number of aliphatic hydroxyl groups is 1. The summed E-state index contributed by atoms with van der Waals surface area (Å²) in [4.78, 5) is 23.3. The van der Waals surface area contributed by atoms with Gasteiger partial charge in [0.05, 0.1) is 6.10 Å². The minimum Gasteiger partial charge on any atom is -0.423 e. The second kappa shape index (κ2) is 8.47. The first-order valence-electron chi connectivity index (χ1n) is 8.37. The van der Waals surface area contributed by atoms with Crippen molar-refractivity contribution in [2.75, 3.05) is 0 Å². The zero-order chi connectivity index (χ0) is 20.1. The highest BCUT2D eigenvalue weighted by molar-refractivity contribution is 5.89. The molecule has 2 aromatic rings. The Bertz CT molecular complexity index is 891. The van der Waals surface area contributed by atoms with Gasteiger partial charge < -0.3 is 14.6 Å². The van der Waals surface area contributed by atoms with E-state index in [1.165, 1.54) is 0 Å². The zero-order valence-electron chi connectivity index (χ0n) is 15.6. The van der Waals surface area contributed by atoms with E-state index >= 15 is 0 Å². The largest absolute Gasteiger partial charge is 0.423 e. The molecule has 0 bridgehead atoms. The first-order valence-corrected chi connectivity index (χ1v) is 8.37. The van der Waals surface area contributed by atoms with E-state index in [1.54, 1.807) is 63.2 Å². The minimum absolute atomic E-state index is 0.289. The normalized spacial score (nSPS) is 11.4. The van der Waals surface area contributed by atoms with Gasteiger partial charge in [-0.1, -0.05) is 31.4 Å². The molecule has 0 fully saturated rings. The monoisotopic (exact) mass is 366 g/mol. The molecule has 140 valence electrons. The van der Waals surface area contributed by atoms with Gasteiger partial charge in [-0.2, -0.15) is 0 Å². The Hall–Kier alpha value is -3.18. The fourth-order valence-corrected chi connectivity index (χ4v) is 2.30. The third-order valence-corrected chi connectivity index (χ3v) is 3.76. The van der Waals surface area contributed by atoms with Crippen molar-refractivity contribution in [1.82, 2.24) is 0 Å². The summed E-state index contributed by atoms with van der Waals surface area (Å²) in [5, 5.41) is 10.1. The van der Waals surface area contributed by atoms with Crippen LogP contribution in [0.3, 0.4) is 0 Å². The Morgan fingerprint density at radius 3 is 1.85 bits per heavy atom. The number of carbonyl (C=O) groups excluding carboxylic acids is 2. The highest BCUT2D eigenvalue weighted by Gasteiger charge is 2.14. The summed E-state index contributed by atoms with van der Waals surface area (Å²) in [6.45, 7) is 11.9. The van der Waals surface area contributed by atoms with Crippen molar-refractivity contribution in [3.8, 4) is 22.6 Å². The van der Waals surface area contributed by atoms with Gasteiger partial charge in [0, 0.05) is 11.1 Å². The molecule has 0 amide bonds. The molecule has 5 nitrogen and oxygen atoms in total. The second-order valence-electron chi connectivity index (χ2n) is 6.29. The van der Waals surface area contributed by atoms with Gasteiger partial charge in [-0.25, -0.2) is 9.59 Å². The number of hydrogen-bond acceptors (Lipinski definition) is 5. The van der Waals surface area contributed by atoms with Gasteiger partial charge in [-0.15, -0.1) is 0 Å². The first-order chi connectivity index (χ1) is 12.7. The van der Waals surface area contributed by atoms with Crippen molar-refractivity contribution in [2.24, 2.45) is 0 Å². The summed E-state index contributed by atoms with van der Waals surface area (Å²) in [6.07, 6.45) is -0.774. The van der Waals surface area contributed by atoms with Crippen LogP contribution in [0.4, 0.5) is 0 Å². The maximum absolute atomic E-state index is 11.7. The molecule has 0 heterocycles. The summed E-state index contributed by atoms with van der Waals surface area (Å²) in [5.74, 6) is -0.286. The lowest BCUT2D eigenvalue weighted by Crippen LogP contribution is -2.09. The lowest BCUT2D eigenvalue weighted by atomic mass is 9.96. The predicted molar refractivity (Wildman–Crippen MR) is 103 cm³/mol. The van der Waals surface area contributed by atoms with E-state index in [0.717, 1.165) is 11.1 Å². The van der Waals surface area contributed by atoms with E-state index in [2.05, 4.69) is 13.2 Å². The van der Waals surface area contributed by atoms with Crippen LogP contribution in [0.5, 0.6) is 11.5 Å². The first kappa shape index (κ1) is 20.1. The van der Waals surface area contributed by atoms with E-state index in [4.69, 9.17) is 9.47 Å². The predicted octanol–water partition coefficient (Wildman–Crippen LogP) is 4.37. The molecule has 2 aromatic carbocycles. The van der Waals surface area contributed by atoms with Crippen molar-refractivity contribution >= 4 is 11.9 Å². The molecule has 1 N–H and O–H groups in total. The van der Waals surface area contributed by atoms with Crippen LogP contribution < -0.4 is 9.47 Å². The molecule has 0 aliphatic heterocycles. The molecule has 0 aromatic heterocycles. The van der Waals surface area contributed by atoms with Crippen molar-refractivity contribution < 1.29 is 24.2 Å². The lowest BCUT2D eigenvalue weighted by Gasteiger charge is -2.15. The number of carbonyl (C=O) groups is 2. The number of ether oxygens (including phenoxy) is 2. The van der Waals surface area contributed by atoms with E-state index < -0.39 is 18.0 Å². The molecule has 27 heavy (non-hydrogen) atoms. The molecular weight excluding hydrogens is 344 g/mol. The fourth-order valence-electron chi connectivity index (χ4n) is 2.30. The minimum atomic E-state index is -0.774. The van der Waals surface area contributed by atoms with Crippen molar-refractivity contribution in [3.63, 3.8) is 0 Å². The van der Waals surface area contributed by atoms with Gasteiger partial charge >= 0.3 is 11.9 Å². The van der Waals surface area contributed by atoms with Crippen LogP contribution >= 0.6 is 0 Å². The number of hydrogen-bond donors (Lipinski definition) is 1.